The monoisotopic (exact) mass is 328 g/mol. The molecule has 0 amide bonds. The second kappa shape index (κ2) is 5.03. The Morgan fingerprint density at radius 1 is 1.50 bits per heavy atom. The number of carbonyl (C=O) groups is 1. The Balaban J connectivity index is 2.96. The quantitative estimate of drug-likeness (QED) is 0.853. The van der Waals surface area contributed by atoms with Gasteiger partial charge in [-0.25, -0.2) is 13.2 Å². The SMILES string of the molecule is O=C(O)COc1ccc(S(=O)(=O)Cl)cc1Br. The average molecular weight is 330 g/mol. The number of rotatable bonds is 4. The molecule has 8 heteroatoms. The van der Waals surface area contributed by atoms with Crippen molar-refractivity contribution in [2.75, 3.05) is 6.61 Å². The molecule has 1 rings (SSSR count). The summed E-state index contributed by atoms with van der Waals surface area (Å²) in [4.78, 5) is 10.2. The van der Waals surface area contributed by atoms with Crippen LogP contribution in [0.5, 0.6) is 5.75 Å². The molecule has 0 aromatic heterocycles. The molecule has 0 fully saturated rings. The van der Waals surface area contributed by atoms with Crippen LogP contribution in [0.4, 0.5) is 0 Å². The van der Waals surface area contributed by atoms with Crippen molar-refractivity contribution < 1.29 is 23.1 Å². The zero-order valence-electron chi connectivity index (χ0n) is 7.68. The number of carboxylic acid groups (broad SMARTS) is 1. The van der Waals surface area contributed by atoms with Crippen LogP contribution in [-0.2, 0) is 13.8 Å². The van der Waals surface area contributed by atoms with E-state index < -0.39 is 21.6 Å². The maximum Gasteiger partial charge on any atom is 0.341 e. The lowest BCUT2D eigenvalue weighted by Crippen LogP contribution is -2.09. The van der Waals surface area contributed by atoms with Crippen LogP contribution in [0, 0.1) is 0 Å². The van der Waals surface area contributed by atoms with E-state index in [9.17, 15) is 13.2 Å². The fourth-order valence-electron chi connectivity index (χ4n) is 0.890. The van der Waals surface area contributed by atoms with Crippen LogP contribution in [0.1, 0.15) is 0 Å². The van der Waals surface area contributed by atoms with Gasteiger partial charge in [0.2, 0.25) is 0 Å². The fourth-order valence-corrected chi connectivity index (χ4v) is 2.31. The predicted octanol–water partition coefficient (Wildman–Crippen LogP) is 1.84. The van der Waals surface area contributed by atoms with E-state index in [1.165, 1.54) is 18.2 Å². The maximum absolute atomic E-state index is 11.0. The summed E-state index contributed by atoms with van der Waals surface area (Å²) < 4.78 is 27.1. The smallest absolute Gasteiger partial charge is 0.341 e. The van der Waals surface area contributed by atoms with E-state index in [1.54, 1.807) is 0 Å². The first-order chi connectivity index (χ1) is 7.30. The van der Waals surface area contributed by atoms with Crippen molar-refractivity contribution in [2.45, 2.75) is 4.90 Å². The highest BCUT2D eigenvalue weighted by molar-refractivity contribution is 9.10. The molecule has 0 saturated heterocycles. The molecule has 1 aromatic rings. The van der Waals surface area contributed by atoms with Crippen LogP contribution in [-0.4, -0.2) is 26.1 Å². The van der Waals surface area contributed by atoms with Gasteiger partial charge in [-0.2, -0.15) is 0 Å². The highest BCUT2D eigenvalue weighted by Crippen LogP contribution is 2.29. The van der Waals surface area contributed by atoms with Crippen molar-refractivity contribution in [1.82, 2.24) is 0 Å². The Bertz CT molecular complexity index is 513. The van der Waals surface area contributed by atoms with Crippen LogP contribution < -0.4 is 4.74 Å². The third kappa shape index (κ3) is 3.66. The van der Waals surface area contributed by atoms with Gasteiger partial charge in [0.25, 0.3) is 9.05 Å². The minimum atomic E-state index is -3.80. The van der Waals surface area contributed by atoms with Gasteiger partial charge in [0.1, 0.15) is 5.75 Å². The maximum atomic E-state index is 11.0. The molecular formula is C8H6BrClO5S. The summed E-state index contributed by atoms with van der Waals surface area (Å²) in [6.45, 7) is -0.508. The molecule has 0 atom stereocenters. The normalized spacial score (nSPS) is 11.1. The fraction of sp³-hybridized carbons (Fsp3) is 0.125. The van der Waals surface area contributed by atoms with Crippen molar-refractivity contribution in [2.24, 2.45) is 0 Å². The van der Waals surface area contributed by atoms with Gasteiger partial charge >= 0.3 is 5.97 Å². The Kier molecular flexibility index (Phi) is 4.17. The Labute approximate surface area is 105 Å². The van der Waals surface area contributed by atoms with E-state index in [-0.39, 0.29) is 10.6 Å². The molecule has 0 unspecified atom stereocenters. The van der Waals surface area contributed by atoms with Crippen molar-refractivity contribution in [1.29, 1.82) is 0 Å². The molecule has 0 aliphatic carbocycles. The number of ether oxygens (including phenoxy) is 1. The van der Waals surface area contributed by atoms with Gasteiger partial charge in [-0.3, -0.25) is 0 Å². The number of carboxylic acids is 1. The third-order valence-electron chi connectivity index (χ3n) is 1.54. The van der Waals surface area contributed by atoms with Crippen molar-refractivity contribution >= 4 is 41.6 Å². The molecule has 0 bridgehead atoms. The topological polar surface area (TPSA) is 80.7 Å². The average Bonchev–Trinajstić information content (AvgIpc) is 2.14. The third-order valence-corrected chi connectivity index (χ3v) is 3.51. The largest absolute Gasteiger partial charge is 0.481 e. The Morgan fingerprint density at radius 3 is 2.56 bits per heavy atom. The van der Waals surface area contributed by atoms with Gasteiger partial charge in [0.15, 0.2) is 6.61 Å². The molecule has 88 valence electrons. The number of hydrogen-bond donors (Lipinski definition) is 1. The standard InChI is InChI=1S/C8H6BrClO5S/c9-6-3-5(16(10,13)14)1-2-7(6)15-4-8(11)12/h1-3H,4H2,(H,11,12). The summed E-state index contributed by atoms with van der Waals surface area (Å²) in [5.41, 5.74) is 0. The Morgan fingerprint density at radius 2 is 2.12 bits per heavy atom. The van der Waals surface area contributed by atoms with Crippen LogP contribution >= 0.6 is 26.6 Å². The second-order valence-electron chi connectivity index (χ2n) is 2.71. The van der Waals surface area contributed by atoms with E-state index in [1.807, 2.05) is 0 Å². The first kappa shape index (κ1) is 13.3. The molecule has 5 nitrogen and oxygen atoms in total. The summed E-state index contributed by atoms with van der Waals surface area (Å²) in [5, 5.41) is 8.39. The second-order valence-corrected chi connectivity index (χ2v) is 6.13. The molecule has 0 heterocycles. The minimum absolute atomic E-state index is 0.0938. The molecule has 16 heavy (non-hydrogen) atoms. The van der Waals surface area contributed by atoms with Gasteiger partial charge in [-0.1, -0.05) is 0 Å². The van der Waals surface area contributed by atoms with Crippen LogP contribution in [0.15, 0.2) is 27.6 Å². The van der Waals surface area contributed by atoms with Crippen LogP contribution in [0.3, 0.4) is 0 Å². The Hall–Kier alpha value is -0.790. The molecule has 0 aliphatic heterocycles. The van der Waals surface area contributed by atoms with Crippen molar-refractivity contribution in [3.63, 3.8) is 0 Å². The number of aliphatic carboxylic acids is 1. The van der Waals surface area contributed by atoms with E-state index in [0.29, 0.717) is 4.47 Å². The lowest BCUT2D eigenvalue weighted by atomic mass is 10.3. The molecule has 1 aromatic carbocycles. The highest BCUT2D eigenvalue weighted by Gasteiger charge is 2.13. The molecule has 0 radical (unpaired) electrons. The molecule has 0 spiro atoms. The van der Waals surface area contributed by atoms with Gasteiger partial charge in [-0.15, -0.1) is 0 Å². The van der Waals surface area contributed by atoms with Gasteiger partial charge in [0.05, 0.1) is 9.37 Å². The number of benzene rings is 1. The summed E-state index contributed by atoms with van der Waals surface area (Å²) >= 11 is 3.05. The van der Waals surface area contributed by atoms with Gasteiger partial charge in [0, 0.05) is 10.7 Å². The van der Waals surface area contributed by atoms with E-state index in [0.717, 1.165) is 0 Å². The lowest BCUT2D eigenvalue weighted by molar-refractivity contribution is -0.139. The zero-order valence-corrected chi connectivity index (χ0v) is 10.8. The summed E-state index contributed by atoms with van der Waals surface area (Å²) in [6.07, 6.45) is 0. The molecule has 0 saturated carbocycles. The van der Waals surface area contributed by atoms with E-state index in [2.05, 4.69) is 15.9 Å². The molecule has 1 N–H and O–H groups in total. The summed E-state index contributed by atoms with van der Waals surface area (Å²) in [6, 6.07) is 3.78. The summed E-state index contributed by atoms with van der Waals surface area (Å²) in [5.74, 6) is -0.896. The van der Waals surface area contributed by atoms with E-state index in [4.69, 9.17) is 20.5 Å². The minimum Gasteiger partial charge on any atom is -0.481 e. The van der Waals surface area contributed by atoms with Crippen LogP contribution in [0.25, 0.3) is 0 Å². The predicted molar refractivity (Wildman–Crippen MR) is 60.3 cm³/mol. The molecular weight excluding hydrogens is 324 g/mol. The lowest BCUT2D eigenvalue weighted by Gasteiger charge is -2.06. The van der Waals surface area contributed by atoms with Crippen LogP contribution in [0.2, 0.25) is 0 Å². The van der Waals surface area contributed by atoms with Gasteiger partial charge < -0.3 is 9.84 Å². The first-order valence-electron chi connectivity index (χ1n) is 3.89. The summed E-state index contributed by atoms with van der Waals surface area (Å²) in [7, 11) is 1.32. The van der Waals surface area contributed by atoms with Crippen molar-refractivity contribution in [3.05, 3.63) is 22.7 Å². The van der Waals surface area contributed by atoms with E-state index >= 15 is 0 Å². The first-order valence-corrected chi connectivity index (χ1v) is 7.00. The number of halogens is 2. The highest BCUT2D eigenvalue weighted by atomic mass is 79.9. The number of hydrogen-bond acceptors (Lipinski definition) is 4. The van der Waals surface area contributed by atoms with Gasteiger partial charge in [-0.05, 0) is 34.1 Å². The zero-order chi connectivity index (χ0) is 12.3. The van der Waals surface area contributed by atoms with Crippen molar-refractivity contribution in [3.8, 4) is 5.75 Å². The molecule has 0 aliphatic rings.